The van der Waals surface area contributed by atoms with Gasteiger partial charge in [0, 0.05) is 12.5 Å². The Balaban J connectivity index is 1.94. The highest BCUT2D eigenvalue weighted by Gasteiger charge is 2.22. The van der Waals surface area contributed by atoms with E-state index in [1.54, 1.807) is 5.57 Å². The quantitative estimate of drug-likeness (QED) is 0.452. The average Bonchev–Trinajstić information content (AvgIpc) is 2.54. The molecule has 2 heteroatoms. The van der Waals surface area contributed by atoms with Crippen molar-refractivity contribution >= 4 is 11.6 Å². The monoisotopic (exact) mass is 186 g/mol. The Bertz CT molecular complexity index is 182. The number of rotatable bonds is 1. The zero-order chi connectivity index (χ0) is 8.39. The topological polar surface area (TPSA) is 9.23 Å². The molecule has 1 nitrogen and oxygen atoms in total. The molecule has 1 fully saturated rings. The van der Waals surface area contributed by atoms with Crippen molar-refractivity contribution in [1.82, 2.24) is 0 Å². The standard InChI is InChI=1S/C10H15ClO/c11-10-4-3-8(6-10)9-2-1-5-12-7-9/h6,9-10H,1-5,7H2. The van der Waals surface area contributed by atoms with Crippen LogP contribution in [0.4, 0.5) is 0 Å². The van der Waals surface area contributed by atoms with Gasteiger partial charge in [0.05, 0.1) is 12.0 Å². The maximum absolute atomic E-state index is 6.01. The molecule has 0 saturated carbocycles. The first-order valence-corrected chi connectivity index (χ1v) is 5.22. The molecule has 0 spiro atoms. The SMILES string of the molecule is ClC1C=C(C2CCCOC2)CC1. The Hall–Kier alpha value is -0.0100. The smallest absolute Gasteiger partial charge is 0.0531 e. The summed E-state index contributed by atoms with van der Waals surface area (Å²) in [5.41, 5.74) is 1.55. The van der Waals surface area contributed by atoms with Crippen LogP contribution in [-0.4, -0.2) is 18.6 Å². The molecule has 1 heterocycles. The predicted molar refractivity (Wildman–Crippen MR) is 50.5 cm³/mol. The molecule has 1 aliphatic heterocycles. The minimum absolute atomic E-state index is 0.293. The third-order valence-corrected chi connectivity index (χ3v) is 3.13. The van der Waals surface area contributed by atoms with E-state index in [4.69, 9.17) is 16.3 Å². The van der Waals surface area contributed by atoms with Crippen LogP contribution >= 0.6 is 11.6 Å². The minimum Gasteiger partial charge on any atom is -0.381 e. The van der Waals surface area contributed by atoms with E-state index in [0.717, 1.165) is 19.6 Å². The summed E-state index contributed by atoms with van der Waals surface area (Å²) in [6, 6.07) is 0. The fourth-order valence-electron chi connectivity index (χ4n) is 2.08. The first kappa shape index (κ1) is 8.58. The van der Waals surface area contributed by atoms with E-state index in [-0.39, 0.29) is 0 Å². The second kappa shape index (κ2) is 3.80. The van der Waals surface area contributed by atoms with Gasteiger partial charge in [-0.05, 0) is 25.7 Å². The summed E-state index contributed by atoms with van der Waals surface area (Å²) in [5.74, 6) is 0.683. The molecular weight excluding hydrogens is 172 g/mol. The number of alkyl halides is 1. The van der Waals surface area contributed by atoms with Crippen LogP contribution < -0.4 is 0 Å². The molecule has 2 aliphatic rings. The largest absolute Gasteiger partial charge is 0.381 e. The zero-order valence-electron chi connectivity index (χ0n) is 7.26. The second-order valence-corrected chi connectivity index (χ2v) is 4.27. The first-order valence-electron chi connectivity index (χ1n) is 4.78. The van der Waals surface area contributed by atoms with Crippen molar-refractivity contribution in [3.8, 4) is 0 Å². The maximum Gasteiger partial charge on any atom is 0.0531 e. The predicted octanol–water partition coefficient (Wildman–Crippen LogP) is 2.74. The van der Waals surface area contributed by atoms with Gasteiger partial charge in [-0.1, -0.05) is 11.6 Å². The van der Waals surface area contributed by atoms with Gasteiger partial charge >= 0.3 is 0 Å². The Morgan fingerprint density at radius 3 is 2.92 bits per heavy atom. The zero-order valence-corrected chi connectivity index (χ0v) is 8.02. The summed E-state index contributed by atoms with van der Waals surface area (Å²) in [6.45, 7) is 1.88. The molecule has 2 atom stereocenters. The van der Waals surface area contributed by atoms with Gasteiger partial charge in [0.2, 0.25) is 0 Å². The van der Waals surface area contributed by atoms with E-state index in [1.165, 1.54) is 19.3 Å². The van der Waals surface area contributed by atoms with Crippen molar-refractivity contribution in [2.75, 3.05) is 13.2 Å². The fraction of sp³-hybridized carbons (Fsp3) is 0.800. The van der Waals surface area contributed by atoms with Crippen LogP contribution in [0.1, 0.15) is 25.7 Å². The molecule has 0 bridgehead atoms. The van der Waals surface area contributed by atoms with Crippen molar-refractivity contribution < 1.29 is 4.74 Å². The van der Waals surface area contributed by atoms with Gasteiger partial charge in [-0.15, -0.1) is 11.6 Å². The molecule has 68 valence electrons. The molecule has 12 heavy (non-hydrogen) atoms. The van der Waals surface area contributed by atoms with Crippen LogP contribution in [0.2, 0.25) is 0 Å². The minimum atomic E-state index is 0.293. The summed E-state index contributed by atoms with van der Waals surface area (Å²) in [6.07, 6.45) is 7.08. The molecule has 2 unspecified atom stereocenters. The Morgan fingerprint density at radius 1 is 1.42 bits per heavy atom. The second-order valence-electron chi connectivity index (χ2n) is 3.71. The lowest BCUT2D eigenvalue weighted by Crippen LogP contribution is -2.18. The van der Waals surface area contributed by atoms with Gasteiger partial charge < -0.3 is 4.74 Å². The third kappa shape index (κ3) is 1.83. The number of ether oxygens (including phenoxy) is 1. The highest BCUT2D eigenvalue weighted by Crippen LogP contribution is 2.32. The van der Waals surface area contributed by atoms with Crippen LogP contribution in [0, 0.1) is 5.92 Å². The van der Waals surface area contributed by atoms with Gasteiger partial charge in [0.25, 0.3) is 0 Å². The lowest BCUT2D eigenvalue weighted by Gasteiger charge is -2.23. The molecular formula is C10H15ClO. The maximum atomic E-state index is 6.01. The summed E-state index contributed by atoms with van der Waals surface area (Å²) in [5, 5.41) is 0.293. The van der Waals surface area contributed by atoms with Gasteiger partial charge in [-0.2, -0.15) is 0 Å². The number of hydrogen-bond donors (Lipinski definition) is 0. The lowest BCUT2D eigenvalue weighted by atomic mass is 9.93. The van der Waals surface area contributed by atoms with Crippen LogP contribution in [0.5, 0.6) is 0 Å². The third-order valence-electron chi connectivity index (χ3n) is 2.79. The Kier molecular flexibility index (Phi) is 2.72. The van der Waals surface area contributed by atoms with E-state index in [2.05, 4.69) is 6.08 Å². The molecule has 1 aliphatic carbocycles. The summed E-state index contributed by atoms with van der Waals surface area (Å²) in [7, 11) is 0. The van der Waals surface area contributed by atoms with Crippen molar-refractivity contribution in [3.63, 3.8) is 0 Å². The molecule has 0 aromatic carbocycles. The van der Waals surface area contributed by atoms with Gasteiger partial charge in [0.1, 0.15) is 0 Å². The summed E-state index contributed by atoms with van der Waals surface area (Å²) >= 11 is 6.01. The fourth-order valence-corrected chi connectivity index (χ4v) is 2.35. The summed E-state index contributed by atoms with van der Waals surface area (Å²) in [4.78, 5) is 0. The van der Waals surface area contributed by atoms with Crippen molar-refractivity contribution in [2.45, 2.75) is 31.1 Å². The number of halogens is 1. The summed E-state index contributed by atoms with van der Waals surface area (Å²) < 4.78 is 5.45. The first-order chi connectivity index (χ1) is 5.86. The van der Waals surface area contributed by atoms with Crippen molar-refractivity contribution in [1.29, 1.82) is 0 Å². The van der Waals surface area contributed by atoms with Crippen LogP contribution in [0.3, 0.4) is 0 Å². The van der Waals surface area contributed by atoms with E-state index < -0.39 is 0 Å². The molecule has 1 saturated heterocycles. The van der Waals surface area contributed by atoms with Crippen LogP contribution in [0.15, 0.2) is 11.6 Å². The molecule has 0 radical (unpaired) electrons. The number of hydrogen-bond acceptors (Lipinski definition) is 1. The molecule has 0 N–H and O–H groups in total. The van der Waals surface area contributed by atoms with Gasteiger partial charge in [-0.25, -0.2) is 0 Å². The molecule has 2 rings (SSSR count). The van der Waals surface area contributed by atoms with Crippen molar-refractivity contribution in [3.05, 3.63) is 11.6 Å². The highest BCUT2D eigenvalue weighted by atomic mass is 35.5. The van der Waals surface area contributed by atoms with Crippen LogP contribution in [-0.2, 0) is 4.74 Å². The van der Waals surface area contributed by atoms with Gasteiger partial charge in [0.15, 0.2) is 0 Å². The Morgan fingerprint density at radius 2 is 2.33 bits per heavy atom. The highest BCUT2D eigenvalue weighted by molar-refractivity contribution is 6.22. The number of allylic oxidation sites excluding steroid dienone is 1. The molecule has 0 aromatic heterocycles. The van der Waals surface area contributed by atoms with E-state index in [1.807, 2.05) is 0 Å². The lowest BCUT2D eigenvalue weighted by molar-refractivity contribution is 0.0666. The normalized spacial score (nSPS) is 36.6. The van der Waals surface area contributed by atoms with Crippen molar-refractivity contribution in [2.24, 2.45) is 5.92 Å². The molecule has 0 amide bonds. The average molecular weight is 187 g/mol. The van der Waals surface area contributed by atoms with Crippen LogP contribution in [0.25, 0.3) is 0 Å². The van der Waals surface area contributed by atoms with Gasteiger partial charge in [-0.3, -0.25) is 0 Å². The van der Waals surface area contributed by atoms with E-state index in [0.29, 0.717) is 11.3 Å². The van der Waals surface area contributed by atoms with E-state index >= 15 is 0 Å². The Labute approximate surface area is 78.7 Å². The van der Waals surface area contributed by atoms with E-state index in [9.17, 15) is 0 Å². The molecule has 0 aromatic rings.